The zero-order valence-corrected chi connectivity index (χ0v) is 11.7. The Morgan fingerprint density at radius 2 is 2.11 bits per heavy atom. The average molecular weight is 278 g/mol. The summed E-state index contributed by atoms with van der Waals surface area (Å²) in [6.07, 6.45) is 3.53. The Kier molecular flexibility index (Phi) is 5.55. The summed E-state index contributed by atoms with van der Waals surface area (Å²) in [4.78, 5) is 10.8. The van der Waals surface area contributed by atoms with Crippen LogP contribution in [0, 0.1) is 5.92 Å². The van der Waals surface area contributed by atoms with Gasteiger partial charge in [0, 0.05) is 19.1 Å². The molecule has 2 atom stereocenters. The summed E-state index contributed by atoms with van der Waals surface area (Å²) in [7, 11) is -3.12. The number of sulfonamides is 1. The molecule has 0 aromatic rings. The van der Waals surface area contributed by atoms with Crippen LogP contribution in [0.1, 0.15) is 26.2 Å². The number of carbonyl (C=O) groups is 1. The summed E-state index contributed by atoms with van der Waals surface area (Å²) in [5, 5.41) is 12.0. The van der Waals surface area contributed by atoms with Crippen LogP contribution in [0.15, 0.2) is 0 Å². The molecule has 2 N–H and O–H groups in total. The Hall–Kier alpha value is -0.660. The maximum Gasteiger partial charge on any atom is 0.308 e. The third-order valence-electron chi connectivity index (χ3n) is 3.40. The van der Waals surface area contributed by atoms with Gasteiger partial charge in [0.15, 0.2) is 0 Å². The lowest BCUT2D eigenvalue weighted by Gasteiger charge is -2.34. The smallest absolute Gasteiger partial charge is 0.308 e. The highest BCUT2D eigenvalue weighted by molar-refractivity contribution is 7.88. The molecular weight excluding hydrogens is 256 g/mol. The van der Waals surface area contributed by atoms with Crippen molar-refractivity contribution in [1.82, 2.24) is 9.62 Å². The first-order valence-electron chi connectivity index (χ1n) is 6.27. The van der Waals surface area contributed by atoms with Crippen molar-refractivity contribution < 1.29 is 18.3 Å². The molecule has 0 amide bonds. The molecule has 0 aromatic heterocycles. The highest BCUT2D eigenvalue weighted by atomic mass is 32.2. The molecule has 0 radical (unpaired) electrons. The molecule has 1 saturated carbocycles. The Labute approximate surface area is 108 Å². The van der Waals surface area contributed by atoms with E-state index in [9.17, 15) is 13.2 Å². The summed E-state index contributed by atoms with van der Waals surface area (Å²) in [6.45, 7) is 3.41. The highest BCUT2D eigenvalue weighted by Gasteiger charge is 2.35. The SMILES string of the molecule is CCN(CCCNC1CCC1C(=O)O)S(C)(=O)=O. The van der Waals surface area contributed by atoms with E-state index in [4.69, 9.17) is 5.11 Å². The number of aliphatic carboxylic acids is 1. The molecule has 0 bridgehead atoms. The van der Waals surface area contributed by atoms with Gasteiger partial charge in [-0.2, -0.15) is 0 Å². The average Bonchev–Trinajstić information content (AvgIpc) is 2.18. The molecule has 7 heteroatoms. The van der Waals surface area contributed by atoms with Gasteiger partial charge in [-0.3, -0.25) is 4.79 Å². The molecule has 18 heavy (non-hydrogen) atoms. The van der Waals surface area contributed by atoms with Gasteiger partial charge in [-0.25, -0.2) is 12.7 Å². The zero-order chi connectivity index (χ0) is 13.8. The highest BCUT2D eigenvalue weighted by Crippen LogP contribution is 2.27. The lowest BCUT2D eigenvalue weighted by Crippen LogP contribution is -2.48. The van der Waals surface area contributed by atoms with Crippen molar-refractivity contribution in [3.8, 4) is 0 Å². The molecule has 106 valence electrons. The normalized spacial score (nSPS) is 23.9. The van der Waals surface area contributed by atoms with Crippen molar-refractivity contribution in [3.63, 3.8) is 0 Å². The van der Waals surface area contributed by atoms with Crippen LogP contribution >= 0.6 is 0 Å². The summed E-state index contributed by atoms with van der Waals surface area (Å²) >= 11 is 0. The van der Waals surface area contributed by atoms with E-state index in [0.717, 1.165) is 12.8 Å². The van der Waals surface area contributed by atoms with E-state index in [0.29, 0.717) is 26.1 Å². The van der Waals surface area contributed by atoms with Gasteiger partial charge in [0.05, 0.1) is 12.2 Å². The number of hydrogen-bond donors (Lipinski definition) is 2. The van der Waals surface area contributed by atoms with Crippen molar-refractivity contribution >= 4 is 16.0 Å². The second-order valence-electron chi connectivity index (χ2n) is 4.69. The first kappa shape index (κ1) is 15.4. The second kappa shape index (κ2) is 6.49. The Balaban J connectivity index is 2.21. The third-order valence-corrected chi connectivity index (χ3v) is 4.78. The quantitative estimate of drug-likeness (QED) is 0.615. The maximum absolute atomic E-state index is 11.3. The first-order valence-corrected chi connectivity index (χ1v) is 8.12. The van der Waals surface area contributed by atoms with Gasteiger partial charge in [0.25, 0.3) is 0 Å². The predicted molar refractivity (Wildman–Crippen MR) is 68.9 cm³/mol. The molecule has 0 saturated heterocycles. The van der Waals surface area contributed by atoms with E-state index in [1.54, 1.807) is 6.92 Å². The molecule has 6 nitrogen and oxygen atoms in total. The second-order valence-corrected chi connectivity index (χ2v) is 6.67. The summed E-state index contributed by atoms with van der Waals surface area (Å²) in [5.74, 6) is -1.02. The lowest BCUT2D eigenvalue weighted by molar-refractivity contribution is -0.146. The number of rotatable bonds is 8. The predicted octanol–water partition coefficient (Wildman–Crippen LogP) is 0.111. The van der Waals surface area contributed by atoms with Gasteiger partial charge in [0.1, 0.15) is 0 Å². The van der Waals surface area contributed by atoms with E-state index in [-0.39, 0.29) is 12.0 Å². The van der Waals surface area contributed by atoms with Crippen LogP contribution < -0.4 is 5.32 Å². The number of carboxylic acid groups (broad SMARTS) is 1. The van der Waals surface area contributed by atoms with Crippen molar-refractivity contribution in [2.24, 2.45) is 5.92 Å². The minimum atomic E-state index is -3.12. The molecule has 1 aliphatic rings. The van der Waals surface area contributed by atoms with Crippen LogP contribution in [0.2, 0.25) is 0 Å². The molecule has 1 fully saturated rings. The van der Waals surface area contributed by atoms with Crippen molar-refractivity contribution in [1.29, 1.82) is 0 Å². The van der Waals surface area contributed by atoms with Crippen LogP contribution in [0.25, 0.3) is 0 Å². The third kappa shape index (κ3) is 4.22. The van der Waals surface area contributed by atoms with Gasteiger partial charge in [-0.1, -0.05) is 6.92 Å². The Bertz CT molecular complexity index is 383. The largest absolute Gasteiger partial charge is 0.481 e. The van der Waals surface area contributed by atoms with E-state index in [1.807, 2.05) is 0 Å². The summed E-state index contributed by atoms with van der Waals surface area (Å²) < 4.78 is 24.1. The maximum atomic E-state index is 11.3. The molecule has 1 rings (SSSR count). The standard InChI is InChI=1S/C11H22N2O4S/c1-3-13(18(2,16)17)8-4-7-12-10-6-5-9(10)11(14)15/h9-10,12H,3-8H2,1-2H3,(H,14,15). The minimum absolute atomic E-state index is 0.0517. The number of carboxylic acids is 1. The van der Waals surface area contributed by atoms with Gasteiger partial charge < -0.3 is 10.4 Å². The Morgan fingerprint density at radius 1 is 1.44 bits per heavy atom. The van der Waals surface area contributed by atoms with E-state index < -0.39 is 16.0 Å². The molecule has 0 spiro atoms. The van der Waals surface area contributed by atoms with Gasteiger partial charge >= 0.3 is 5.97 Å². The molecule has 0 aliphatic heterocycles. The number of nitrogens with one attached hydrogen (secondary N) is 1. The van der Waals surface area contributed by atoms with Crippen LogP contribution in [0.3, 0.4) is 0 Å². The summed E-state index contributed by atoms with van der Waals surface area (Å²) in [6, 6.07) is 0.0517. The zero-order valence-electron chi connectivity index (χ0n) is 10.9. The fourth-order valence-corrected chi connectivity index (χ4v) is 3.07. The fourth-order valence-electron chi connectivity index (χ4n) is 2.14. The molecule has 1 aliphatic carbocycles. The molecule has 2 unspecified atom stereocenters. The van der Waals surface area contributed by atoms with E-state index >= 15 is 0 Å². The van der Waals surface area contributed by atoms with Crippen LogP contribution in [0.4, 0.5) is 0 Å². The fraction of sp³-hybridized carbons (Fsp3) is 0.909. The molecular formula is C11H22N2O4S. The minimum Gasteiger partial charge on any atom is -0.481 e. The molecule has 0 aromatic carbocycles. The molecule has 0 heterocycles. The van der Waals surface area contributed by atoms with Crippen molar-refractivity contribution in [2.45, 2.75) is 32.2 Å². The summed E-state index contributed by atoms with van der Waals surface area (Å²) in [5.41, 5.74) is 0. The van der Waals surface area contributed by atoms with Crippen molar-refractivity contribution in [3.05, 3.63) is 0 Å². The van der Waals surface area contributed by atoms with Gasteiger partial charge in [-0.05, 0) is 25.8 Å². The van der Waals surface area contributed by atoms with Crippen LogP contribution in [0.5, 0.6) is 0 Å². The van der Waals surface area contributed by atoms with Gasteiger partial charge in [0.2, 0.25) is 10.0 Å². The Morgan fingerprint density at radius 3 is 2.50 bits per heavy atom. The number of hydrogen-bond acceptors (Lipinski definition) is 4. The number of nitrogens with zero attached hydrogens (tertiary/aromatic N) is 1. The van der Waals surface area contributed by atoms with E-state index in [1.165, 1.54) is 10.6 Å². The van der Waals surface area contributed by atoms with Crippen molar-refractivity contribution in [2.75, 3.05) is 25.9 Å². The first-order chi connectivity index (χ1) is 8.36. The monoisotopic (exact) mass is 278 g/mol. The van der Waals surface area contributed by atoms with Gasteiger partial charge in [-0.15, -0.1) is 0 Å². The van der Waals surface area contributed by atoms with E-state index in [2.05, 4.69) is 5.32 Å². The van der Waals surface area contributed by atoms with Crippen LogP contribution in [-0.2, 0) is 14.8 Å². The van der Waals surface area contributed by atoms with Crippen LogP contribution in [-0.4, -0.2) is 55.7 Å². The lowest BCUT2D eigenvalue weighted by atomic mass is 9.79. The topological polar surface area (TPSA) is 86.7 Å².